The summed E-state index contributed by atoms with van der Waals surface area (Å²) in [5, 5.41) is 2.38. The van der Waals surface area contributed by atoms with Crippen molar-refractivity contribution in [2.45, 2.75) is 0 Å². The van der Waals surface area contributed by atoms with Gasteiger partial charge in [-0.2, -0.15) is 0 Å². The first-order chi connectivity index (χ1) is 8.49. The maximum Gasteiger partial charge on any atom is 0.251 e. The molecule has 0 saturated carbocycles. The van der Waals surface area contributed by atoms with Gasteiger partial charge in [0.25, 0.3) is 5.91 Å². The molecule has 3 N–H and O–H groups in total. The van der Waals surface area contributed by atoms with Crippen LogP contribution < -0.4 is 20.5 Å². The van der Waals surface area contributed by atoms with Crippen molar-refractivity contribution in [2.75, 3.05) is 20.8 Å². The molecule has 98 valence electrons. The normalized spacial score (nSPS) is 9.72. The quantitative estimate of drug-likeness (QED) is 0.835. The van der Waals surface area contributed by atoms with E-state index in [2.05, 4.69) is 21.2 Å². The van der Waals surface area contributed by atoms with Crippen molar-refractivity contribution in [1.29, 1.82) is 0 Å². The number of halogens is 1. The third-order valence-corrected chi connectivity index (χ3v) is 2.91. The van der Waals surface area contributed by atoms with Crippen molar-refractivity contribution < 1.29 is 19.1 Å². The van der Waals surface area contributed by atoms with Crippen LogP contribution in [0.3, 0.4) is 0 Å². The lowest BCUT2D eigenvalue weighted by Gasteiger charge is -2.11. The highest BCUT2D eigenvalue weighted by molar-refractivity contribution is 9.10. The first-order valence-electron chi connectivity index (χ1n) is 4.97. The van der Waals surface area contributed by atoms with Gasteiger partial charge in [-0.15, -0.1) is 0 Å². The number of carbonyl (C=O) groups excluding carboxylic acids is 2. The molecule has 2 amide bonds. The Bertz CT molecular complexity index is 451. The van der Waals surface area contributed by atoms with E-state index in [0.717, 1.165) is 0 Å². The van der Waals surface area contributed by atoms with Gasteiger partial charge in [0.15, 0.2) is 0 Å². The Kier molecular flexibility index (Phi) is 4.96. The average molecular weight is 317 g/mol. The standard InChI is InChI=1S/C11H13BrN2O4/c1-17-7-3-6(4-8(18-2)10(7)12)11(16)14-5-9(13)15/h3-4H,5H2,1-2H3,(H2,13,15)(H,14,16). The second-order valence-electron chi connectivity index (χ2n) is 3.34. The molecule has 6 nitrogen and oxygen atoms in total. The highest BCUT2D eigenvalue weighted by atomic mass is 79.9. The SMILES string of the molecule is COc1cc(C(=O)NCC(N)=O)cc(OC)c1Br. The molecular formula is C11H13BrN2O4. The van der Waals surface area contributed by atoms with Crippen LogP contribution in [0.5, 0.6) is 11.5 Å². The van der Waals surface area contributed by atoms with Crippen molar-refractivity contribution in [3.05, 3.63) is 22.2 Å². The molecule has 0 unspecified atom stereocenters. The highest BCUT2D eigenvalue weighted by Crippen LogP contribution is 2.35. The lowest BCUT2D eigenvalue weighted by Crippen LogP contribution is -2.33. The third-order valence-electron chi connectivity index (χ3n) is 2.13. The van der Waals surface area contributed by atoms with E-state index in [1.54, 1.807) is 0 Å². The molecule has 1 rings (SSSR count). The molecule has 0 radical (unpaired) electrons. The zero-order valence-electron chi connectivity index (χ0n) is 9.95. The number of hydrogen-bond acceptors (Lipinski definition) is 4. The summed E-state index contributed by atoms with van der Waals surface area (Å²) in [7, 11) is 2.95. The summed E-state index contributed by atoms with van der Waals surface area (Å²) in [5.41, 5.74) is 5.26. The molecule has 18 heavy (non-hydrogen) atoms. The van der Waals surface area contributed by atoms with Gasteiger partial charge in [-0.3, -0.25) is 9.59 Å². The van der Waals surface area contributed by atoms with E-state index in [9.17, 15) is 9.59 Å². The van der Waals surface area contributed by atoms with E-state index in [1.165, 1.54) is 26.4 Å². The van der Waals surface area contributed by atoms with Gasteiger partial charge in [-0.1, -0.05) is 0 Å². The van der Waals surface area contributed by atoms with Crippen LogP contribution in [0.2, 0.25) is 0 Å². The number of nitrogens with two attached hydrogens (primary N) is 1. The number of amides is 2. The minimum atomic E-state index is -0.612. The third kappa shape index (κ3) is 3.36. The van der Waals surface area contributed by atoms with Crippen LogP contribution in [0.25, 0.3) is 0 Å². The molecule has 0 bridgehead atoms. The predicted octanol–water partition coefficient (Wildman–Crippen LogP) is 0.681. The lowest BCUT2D eigenvalue weighted by atomic mass is 10.2. The molecule has 0 aliphatic heterocycles. The Morgan fingerprint density at radius 3 is 2.17 bits per heavy atom. The van der Waals surface area contributed by atoms with Crippen LogP contribution in [0.15, 0.2) is 16.6 Å². The molecule has 7 heteroatoms. The highest BCUT2D eigenvalue weighted by Gasteiger charge is 2.14. The van der Waals surface area contributed by atoms with Crippen LogP contribution in [0, 0.1) is 0 Å². The number of rotatable bonds is 5. The van der Waals surface area contributed by atoms with E-state index < -0.39 is 11.8 Å². The number of methoxy groups -OCH3 is 2. The second kappa shape index (κ2) is 6.25. The number of nitrogens with one attached hydrogen (secondary N) is 1. The van der Waals surface area contributed by atoms with Gasteiger partial charge in [0.2, 0.25) is 5.91 Å². The number of primary amides is 1. The van der Waals surface area contributed by atoms with E-state index in [0.29, 0.717) is 21.5 Å². The minimum absolute atomic E-state index is 0.223. The van der Waals surface area contributed by atoms with Crippen molar-refractivity contribution in [3.8, 4) is 11.5 Å². The molecule has 1 aromatic rings. The molecule has 0 aliphatic rings. The van der Waals surface area contributed by atoms with Gasteiger partial charge in [-0.25, -0.2) is 0 Å². The Morgan fingerprint density at radius 2 is 1.78 bits per heavy atom. The van der Waals surface area contributed by atoms with Crippen LogP contribution in [0.1, 0.15) is 10.4 Å². The fourth-order valence-electron chi connectivity index (χ4n) is 1.27. The van der Waals surface area contributed by atoms with E-state index in [1.807, 2.05) is 0 Å². The summed E-state index contributed by atoms with van der Waals surface area (Å²) in [5.74, 6) is -0.130. The largest absolute Gasteiger partial charge is 0.495 e. The van der Waals surface area contributed by atoms with E-state index in [4.69, 9.17) is 15.2 Å². The summed E-state index contributed by atoms with van der Waals surface area (Å²) < 4.78 is 10.8. The lowest BCUT2D eigenvalue weighted by molar-refractivity contribution is -0.117. The van der Waals surface area contributed by atoms with Gasteiger partial charge < -0.3 is 20.5 Å². The van der Waals surface area contributed by atoms with Gasteiger partial charge in [0.05, 0.1) is 20.8 Å². The van der Waals surface area contributed by atoms with Crippen molar-refractivity contribution in [1.82, 2.24) is 5.32 Å². The zero-order valence-corrected chi connectivity index (χ0v) is 11.5. The summed E-state index contributed by atoms with van der Waals surface area (Å²) in [6.45, 7) is -0.223. The first-order valence-corrected chi connectivity index (χ1v) is 5.77. The van der Waals surface area contributed by atoms with E-state index >= 15 is 0 Å². The summed E-state index contributed by atoms with van der Waals surface area (Å²) in [4.78, 5) is 22.3. The van der Waals surface area contributed by atoms with Gasteiger partial charge >= 0.3 is 0 Å². The number of hydrogen-bond donors (Lipinski definition) is 2. The molecule has 0 atom stereocenters. The minimum Gasteiger partial charge on any atom is -0.495 e. The smallest absolute Gasteiger partial charge is 0.251 e. The fourth-order valence-corrected chi connectivity index (χ4v) is 1.82. The van der Waals surface area contributed by atoms with Crippen molar-refractivity contribution in [3.63, 3.8) is 0 Å². The molecular weight excluding hydrogens is 304 g/mol. The fraction of sp³-hybridized carbons (Fsp3) is 0.273. The molecule has 0 spiro atoms. The maximum absolute atomic E-state index is 11.8. The topological polar surface area (TPSA) is 90.6 Å². The number of benzene rings is 1. The second-order valence-corrected chi connectivity index (χ2v) is 4.14. The van der Waals surface area contributed by atoms with E-state index in [-0.39, 0.29) is 6.54 Å². The first kappa shape index (κ1) is 14.3. The van der Waals surface area contributed by atoms with Gasteiger partial charge in [-0.05, 0) is 28.1 Å². The summed E-state index contributed by atoms with van der Waals surface area (Å²) >= 11 is 3.29. The predicted molar refractivity (Wildman–Crippen MR) is 68.8 cm³/mol. The van der Waals surface area contributed by atoms with Crippen LogP contribution in [-0.4, -0.2) is 32.6 Å². The van der Waals surface area contributed by atoms with Gasteiger partial charge in [0.1, 0.15) is 16.0 Å². The summed E-state index contributed by atoms with van der Waals surface area (Å²) in [6, 6.07) is 3.06. The molecule has 0 fully saturated rings. The van der Waals surface area contributed by atoms with Crippen molar-refractivity contribution >= 4 is 27.7 Å². The monoisotopic (exact) mass is 316 g/mol. The van der Waals surface area contributed by atoms with Gasteiger partial charge in [0, 0.05) is 5.56 Å². The Morgan fingerprint density at radius 1 is 1.28 bits per heavy atom. The van der Waals surface area contributed by atoms with Crippen LogP contribution in [-0.2, 0) is 4.79 Å². The Hall–Kier alpha value is -1.76. The Balaban J connectivity index is 3.02. The molecule has 0 heterocycles. The molecule has 1 aromatic carbocycles. The number of carbonyl (C=O) groups is 2. The van der Waals surface area contributed by atoms with Crippen molar-refractivity contribution in [2.24, 2.45) is 5.73 Å². The zero-order chi connectivity index (χ0) is 13.7. The molecule has 0 aliphatic carbocycles. The summed E-state index contributed by atoms with van der Waals surface area (Å²) in [6.07, 6.45) is 0. The molecule has 0 saturated heterocycles. The Labute approximate surface area is 113 Å². The maximum atomic E-state index is 11.8. The van der Waals surface area contributed by atoms with Crippen LogP contribution >= 0.6 is 15.9 Å². The average Bonchev–Trinajstić information content (AvgIpc) is 2.36. The molecule has 0 aromatic heterocycles. The number of ether oxygens (including phenoxy) is 2. The van der Waals surface area contributed by atoms with Crippen LogP contribution in [0.4, 0.5) is 0 Å².